The maximum atomic E-state index is 13.6. The normalized spacial score (nSPS) is 16.8. The second-order valence-electron chi connectivity index (χ2n) is 11.4. The fraction of sp³-hybridized carbons (Fsp3) is 0.448. The first-order valence-corrected chi connectivity index (χ1v) is 13.4. The monoisotopic (exact) mass is 573 g/mol. The third-order valence-corrected chi connectivity index (χ3v) is 6.81. The van der Waals surface area contributed by atoms with Crippen LogP contribution in [0, 0.1) is 0 Å². The number of halogens is 3. The van der Waals surface area contributed by atoms with Crippen molar-refractivity contribution in [3.63, 3.8) is 0 Å². The van der Waals surface area contributed by atoms with Crippen LogP contribution in [0.5, 0.6) is 0 Å². The Morgan fingerprint density at radius 3 is 2.51 bits per heavy atom. The molecule has 2 aromatic carbocycles. The number of H-pyrrole nitrogens is 1. The van der Waals surface area contributed by atoms with Crippen LogP contribution in [0.25, 0.3) is 10.8 Å². The van der Waals surface area contributed by atoms with Gasteiger partial charge in [0.2, 0.25) is 5.91 Å². The number of rotatable bonds is 5. The molecule has 2 atom stereocenters. The Morgan fingerprint density at radius 1 is 1.12 bits per heavy atom. The topological polar surface area (TPSA) is 116 Å². The van der Waals surface area contributed by atoms with E-state index in [1.165, 1.54) is 13.0 Å². The van der Waals surface area contributed by atoms with E-state index in [4.69, 9.17) is 4.74 Å². The first-order valence-electron chi connectivity index (χ1n) is 13.4. The SMILES string of the molecule is CC(=O)Nc1cc(C(C)Nc2n[nH]c(=O)c3ccc(C4CCCN(C(=O)OC(C)(C)C)C4)cc23)cc(C(F)(F)F)c1. The Labute approximate surface area is 235 Å². The van der Waals surface area contributed by atoms with Gasteiger partial charge in [0.15, 0.2) is 5.82 Å². The van der Waals surface area contributed by atoms with Crippen molar-refractivity contribution in [3.8, 4) is 0 Å². The highest BCUT2D eigenvalue weighted by molar-refractivity contribution is 5.92. The van der Waals surface area contributed by atoms with Crippen molar-refractivity contribution < 1.29 is 27.5 Å². The van der Waals surface area contributed by atoms with Crippen molar-refractivity contribution in [2.75, 3.05) is 23.7 Å². The molecular weight excluding hydrogens is 539 g/mol. The predicted octanol–water partition coefficient (Wildman–Crippen LogP) is 6.19. The van der Waals surface area contributed by atoms with Gasteiger partial charge in [-0.05, 0) is 82.0 Å². The molecule has 1 fully saturated rings. The van der Waals surface area contributed by atoms with E-state index in [2.05, 4.69) is 20.8 Å². The van der Waals surface area contributed by atoms with Crippen molar-refractivity contribution in [2.45, 2.75) is 71.2 Å². The van der Waals surface area contributed by atoms with Gasteiger partial charge in [0, 0.05) is 37.0 Å². The Hall–Kier alpha value is -4.09. The first-order chi connectivity index (χ1) is 19.1. The molecule has 2 unspecified atom stereocenters. The van der Waals surface area contributed by atoms with Crippen LogP contribution in [-0.2, 0) is 15.7 Å². The summed E-state index contributed by atoms with van der Waals surface area (Å²) in [4.78, 5) is 38.4. The van der Waals surface area contributed by atoms with E-state index in [1.807, 2.05) is 32.9 Å². The number of amides is 2. The van der Waals surface area contributed by atoms with Gasteiger partial charge in [-0.1, -0.05) is 6.07 Å². The highest BCUT2D eigenvalue weighted by atomic mass is 19.4. The van der Waals surface area contributed by atoms with Gasteiger partial charge in [0.25, 0.3) is 5.56 Å². The zero-order chi connectivity index (χ0) is 30.1. The standard InChI is InChI=1S/C29H34F3N5O4/c1-16(20-11-21(29(30,31)32)14-22(12-20)34-17(2)38)33-25-24-13-18(8-9-23(24)26(39)36-35-25)19-7-6-10-37(15-19)27(40)41-28(3,4)5/h8-9,11-14,16,19H,6-7,10,15H2,1-5H3,(H,33,35)(H,34,38)(H,36,39). The molecule has 9 nitrogen and oxygen atoms in total. The molecule has 41 heavy (non-hydrogen) atoms. The molecule has 1 aliphatic rings. The molecule has 0 saturated carbocycles. The fourth-order valence-corrected chi connectivity index (χ4v) is 4.92. The molecule has 2 heterocycles. The number of ether oxygens (including phenoxy) is 1. The highest BCUT2D eigenvalue weighted by Crippen LogP contribution is 2.35. The molecule has 4 rings (SSSR count). The molecule has 12 heteroatoms. The van der Waals surface area contributed by atoms with Crippen LogP contribution in [0.2, 0.25) is 0 Å². The number of hydrogen-bond donors (Lipinski definition) is 3. The Balaban J connectivity index is 1.65. The molecule has 3 aromatic rings. The van der Waals surface area contributed by atoms with Crippen LogP contribution in [0.3, 0.4) is 0 Å². The lowest BCUT2D eigenvalue weighted by Crippen LogP contribution is -2.42. The van der Waals surface area contributed by atoms with E-state index in [0.717, 1.165) is 30.5 Å². The minimum Gasteiger partial charge on any atom is -0.444 e. The summed E-state index contributed by atoms with van der Waals surface area (Å²) >= 11 is 0. The van der Waals surface area contributed by atoms with Crippen LogP contribution in [-0.4, -0.2) is 45.8 Å². The number of carbonyl (C=O) groups is 2. The quantitative estimate of drug-likeness (QED) is 0.335. The van der Waals surface area contributed by atoms with Gasteiger partial charge in [-0.3, -0.25) is 9.59 Å². The summed E-state index contributed by atoms with van der Waals surface area (Å²) in [7, 11) is 0. The molecule has 0 aliphatic carbocycles. The zero-order valence-electron chi connectivity index (χ0n) is 23.6. The van der Waals surface area contributed by atoms with Crippen LogP contribution in [0.15, 0.2) is 41.2 Å². The number of fused-ring (bicyclic) bond motifs is 1. The number of aromatic amines is 1. The Kier molecular flexibility index (Phi) is 8.32. The van der Waals surface area contributed by atoms with Gasteiger partial charge in [-0.2, -0.15) is 18.3 Å². The molecule has 0 radical (unpaired) electrons. The molecular formula is C29H34F3N5O4. The zero-order valence-corrected chi connectivity index (χ0v) is 23.6. The van der Waals surface area contributed by atoms with Crippen LogP contribution in [0.4, 0.5) is 29.5 Å². The van der Waals surface area contributed by atoms with Gasteiger partial charge in [-0.15, -0.1) is 0 Å². The summed E-state index contributed by atoms with van der Waals surface area (Å²) in [5, 5.41) is 13.0. The van der Waals surface area contributed by atoms with Crippen molar-refractivity contribution >= 4 is 34.3 Å². The highest BCUT2D eigenvalue weighted by Gasteiger charge is 2.32. The largest absolute Gasteiger partial charge is 0.444 e. The van der Waals surface area contributed by atoms with Gasteiger partial charge in [0.05, 0.1) is 17.0 Å². The maximum absolute atomic E-state index is 13.6. The molecule has 1 saturated heterocycles. The summed E-state index contributed by atoms with van der Waals surface area (Å²) < 4.78 is 46.3. The number of alkyl halides is 3. The number of anilines is 2. The molecule has 1 aliphatic heterocycles. The molecule has 0 bridgehead atoms. The number of benzene rings is 2. The molecule has 1 aromatic heterocycles. The number of carbonyl (C=O) groups excluding carboxylic acids is 2. The maximum Gasteiger partial charge on any atom is 0.416 e. The van der Waals surface area contributed by atoms with Gasteiger partial charge in [0.1, 0.15) is 5.60 Å². The lowest BCUT2D eigenvalue weighted by Gasteiger charge is -2.34. The number of piperidine rings is 1. The third-order valence-electron chi connectivity index (χ3n) is 6.81. The number of nitrogens with one attached hydrogen (secondary N) is 3. The third kappa shape index (κ3) is 7.36. The van der Waals surface area contributed by atoms with Gasteiger partial charge in [-0.25, -0.2) is 9.89 Å². The summed E-state index contributed by atoms with van der Waals surface area (Å²) in [5.41, 5.74) is -0.734. The van der Waals surface area contributed by atoms with E-state index in [-0.39, 0.29) is 29.1 Å². The molecule has 220 valence electrons. The lowest BCUT2D eigenvalue weighted by molar-refractivity contribution is -0.137. The van der Waals surface area contributed by atoms with E-state index in [1.54, 1.807) is 17.9 Å². The number of aromatic nitrogens is 2. The molecule has 3 N–H and O–H groups in total. The lowest BCUT2D eigenvalue weighted by atomic mass is 9.89. The predicted molar refractivity (Wildman–Crippen MR) is 150 cm³/mol. The summed E-state index contributed by atoms with van der Waals surface area (Å²) in [5.74, 6) is -0.217. The average Bonchev–Trinajstić information content (AvgIpc) is 2.88. The van der Waals surface area contributed by atoms with Crippen molar-refractivity contribution in [3.05, 3.63) is 63.4 Å². The van der Waals surface area contributed by atoms with Crippen LogP contribution in [0.1, 0.15) is 76.1 Å². The van der Waals surface area contributed by atoms with E-state index in [9.17, 15) is 27.6 Å². The van der Waals surface area contributed by atoms with Gasteiger partial charge >= 0.3 is 12.3 Å². The Bertz CT molecular complexity index is 1510. The van der Waals surface area contributed by atoms with E-state index < -0.39 is 34.8 Å². The number of nitrogens with zero attached hydrogens (tertiary/aromatic N) is 2. The minimum absolute atomic E-state index is 0.00564. The first kappa shape index (κ1) is 29.9. The average molecular weight is 574 g/mol. The number of likely N-dealkylation sites (tertiary alicyclic amines) is 1. The Morgan fingerprint density at radius 2 is 1.85 bits per heavy atom. The molecule has 0 spiro atoms. The fourth-order valence-electron chi connectivity index (χ4n) is 4.92. The van der Waals surface area contributed by atoms with Crippen LogP contribution < -0.4 is 16.2 Å². The minimum atomic E-state index is -4.62. The summed E-state index contributed by atoms with van der Waals surface area (Å²) in [6, 6.07) is 8.05. The second kappa shape index (κ2) is 11.4. The molecule has 2 amide bonds. The smallest absolute Gasteiger partial charge is 0.416 e. The van der Waals surface area contributed by atoms with Crippen molar-refractivity contribution in [1.29, 1.82) is 0 Å². The second-order valence-corrected chi connectivity index (χ2v) is 11.4. The van der Waals surface area contributed by atoms with Gasteiger partial charge < -0.3 is 20.3 Å². The van der Waals surface area contributed by atoms with E-state index in [0.29, 0.717) is 23.9 Å². The summed E-state index contributed by atoms with van der Waals surface area (Å²) in [6.07, 6.45) is -3.38. The van der Waals surface area contributed by atoms with Crippen LogP contribution >= 0.6 is 0 Å². The van der Waals surface area contributed by atoms with Crippen molar-refractivity contribution in [1.82, 2.24) is 15.1 Å². The summed E-state index contributed by atoms with van der Waals surface area (Å²) in [6.45, 7) is 9.36. The number of hydrogen-bond acceptors (Lipinski definition) is 6. The van der Waals surface area contributed by atoms with Crippen molar-refractivity contribution in [2.24, 2.45) is 0 Å². The van der Waals surface area contributed by atoms with E-state index >= 15 is 0 Å².